The molecule has 0 aliphatic carbocycles. The summed E-state index contributed by atoms with van der Waals surface area (Å²) >= 11 is 0. The quantitative estimate of drug-likeness (QED) is 0.835. The van der Waals surface area contributed by atoms with Crippen molar-refractivity contribution in [2.75, 3.05) is 32.7 Å². The van der Waals surface area contributed by atoms with E-state index in [-0.39, 0.29) is 4.90 Å². The standard InChI is InChI=1S/C18H27FN2O2S/c1-15-3-2-10-20(13-15)14-16-8-11-21(12-9-16)24(22,23)18-6-4-17(19)5-7-18/h4-7,15-16H,2-3,8-14H2,1H3. The van der Waals surface area contributed by atoms with Crippen LogP contribution in [0.25, 0.3) is 0 Å². The summed E-state index contributed by atoms with van der Waals surface area (Å²) in [7, 11) is -3.49. The van der Waals surface area contributed by atoms with Crippen molar-refractivity contribution < 1.29 is 12.8 Å². The molecular formula is C18H27FN2O2S. The van der Waals surface area contributed by atoms with Crippen LogP contribution in [0.2, 0.25) is 0 Å². The molecule has 0 saturated carbocycles. The molecule has 0 aromatic heterocycles. The Labute approximate surface area is 144 Å². The van der Waals surface area contributed by atoms with Crippen LogP contribution in [0, 0.1) is 17.7 Å². The Morgan fingerprint density at radius 3 is 2.38 bits per heavy atom. The lowest BCUT2D eigenvalue weighted by atomic mass is 9.94. The van der Waals surface area contributed by atoms with Crippen LogP contribution in [0.1, 0.15) is 32.6 Å². The molecule has 0 radical (unpaired) electrons. The minimum Gasteiger partial charge on any atom is -0.303 e. The first-order valence-electron chi connectivity index (χ1n) is 8.93. The number of nitrogens with zero attached hydrogens (tertiary/aromatic N) is 2. The first-order chi connectivity index (χ1) is 11.4. The molecule has 0 spiro atoms. The highest BCUT2D eigenvalue weighted by Crippen LogP contribution is 2.26. The number of hydrogen-bond acceptors (Lipinski definition) is 3. The van der Waals surface area contributed by atoms with Gasteiger partial charge in [-0.2, -0.15) is 4.31 Å². The van der Waals surface area contributed by atoms with Crippen LogP contribution < -0.4 is 0 Å². The molecule has 24 heavy (non-hydrogen) atoms. The number of sulfonamides is 1. The van der Waals surface area contributed by atoms with E-state index >= 15 is 0 Å². The zero-order valence-electron chi connectivity index (χ0n) is 14.3. The normalized spacial score (nSPS) is 25.0. The minimum absolute atomic E-state index is 0.187. The van der Waals surface area contributed by atoms with Gasteiger partial charge in [-0.15, -0.1) is 0 Å². The molecule has 1 aromatic rings. The first kappa shape index (κ1) is 17.8. The predicted octanol–water partition coefficient (Wildman–Crippen LogP) is 2.96. The zero-order chi connectivity index (χ0) is 17.2. The average molecular weight is 354 g/mol. The lowest BCUT2D eigenvalue weighted by molar-refractivity contribution is 0.136. The second kappa shape index (κ2) is 7.50. The van der Waals surface area contributed by atoms with Crippen molar-refractivity contribution in [3.05, 3.63) is 30.1 Å². The maximum Gasteiger partial charge on any atom is 0.243 e. The Bertz CT molecular complexity index is 639. The Kier molecular flexibility index (Phi) is 5.57. The van der Waals surface area contributed by atoms with Crippen molar-refractivity contribution in [3.8, 4) is 0 Å². The molecule has 1 atom stereocenters. The van der Waals surface area contributed by atoms with Gasteiger partial charge in [0.25, 0.3) is 0 Å². The second-order valence-corrected chi connectivity index (χ2v) is 9.25. The van der Waals surface area contributed by atoms with E-state index in [2.05, 4.69) is 11.8 Å². The number of benzene rings is 1. The molecule has 2 saturated heterocycles. The molecule has 0 bridgehead atoms. The lowest BCUT2D eigenvalue weighted by Crippen LogP contribution is -2.43. The van der Waals surface area contributed by atoms with E-state index in [1.807, 2.05) is 0 Å². The summed E-state index contributed by atoms with van der Waals surface area (Å²) < 4.78 is 39.8. The molecular weight excluding hydrogens is 327 g/mol. The second-order valence-electron chi connectivity index (χ2n) is 7.31. The summed E-state index contributed by atoms with van der Waals surface area (Å²) in [5.74, 6) is 0.941. The topological polar surface area (TPSA) is 40.6 Å². The summed E-state index contributed by atoms with van der Waals surface area (Å²) in [6.07, 6.45) is 4.42. The van der Waals surface area contributed by atoms with Gasteiger partial charge in [0.05, 0.1) is 4.90 Å². The monoisotopic (exact) mass is 354 g/mol. The van der Waals surface area contributed by atoms with Gasteiger partial charge in [0.1, 0.15) is 5.82 Å². The third-order valence-corrected chi connectivity index (χ3v) is 7.20. The summed E-state index contributed by atoms with van der Waals surface area (Å²) in [6, 6.07) is 5.12. The summed E-state index contributed by atoms with van der Waals surface area (Å²) in [4.78, 5) is 2.73. The van der Waals surface area contributed by atoms with E-state index < -0.39 is 15.8 Å². The lowest BCUT2D eigenvalue weighted by Gasteiger charge is -2.37. The molecule has 0 amide bonds. The molecule has 0 N–H and O–H groups in total. The van der Waals surface area contributed by atoms with Gasteiger partial charge < -0.3 is 4.90 Å². The molecule has 1 aromatic carbocycles. The maximum absolute atomic E-state index is 13.0. The first-order valence-corrected chi connectivity index (χ1v) is 10.4. The van der Waals surface area contributed by atoms with E-state index in [4.69, 9.17) is 0 Å². The van der Waals surface area contributed by atoms with Crippen LogP contribution in [0.15, 0.2) is 29.2 Å². The van der Waals surface area contributed by atoms with Crippen LogP contribution in [0.3, 0.4) is 0 Å². The third kappa shape index (κ3) is 4.16. The van der Waals surface area contributed by atoms with Crippen molar-refractivity contribution >= 4 is 10.0 Å². The van der Waals surface area contributed by atoms with E-state index in [9.17, 15) is 12.8 Å². The largest absolute Gasteiger partial charge is 0.303 e. The van der Waals surface area contributed by atoms with Crippen LogP contribution in [0.5, 0.6) is 0 Å². The number of piperidine rings is 2. The molecule has 1 unspecified atom stereocenters. The number of likely N-dealkylation sites (tertiary alicyclic amines) is 1. The van der Waals surface area contributed by atoms with Gasteiger partial charge in [-0.1, -0.05) is 6.92 Å². The van der Waals surface area contributed by atoms with Crippen LogP contribution in [-0.2, 0) is 10.0 Å². The molecule has 134 valence electrons. The van der Waals surface area contributed by atoms with E-state index in [0.717, 1.165) is 25.3 Å². The van der Waals surface area contributed by atoms with Crippen molar-refractivity contribution in [1.29, 1.82) is 0 Å². The Hall–Kier alpha value is -0.980. The van der Waals surface area contributed by atoms with E-state index in [1.54, 1.807) is 4.31 Å². The highest BCUT2D eigenvalue weighted by Gasteiger charge is 2.30. The summed E-state index contributed by atoms with van der Waals surface area (Å²) in [5.41, 5.74) is 0. The molecule has 3 rings (SSSR count). The number of rotatable bonds is 4. The maximum atomic E-state index is 13.0. The van der Waals surface area contributed by atoms with Gasteiger partial charge in [0.15, 0.2) is 0 Å². The fourth-order valence-corrected chi connectivity index (χ4v) is 5.38. The number of halogens is 1. The molecule has 2 aliphatic heterocycles. The van der Waals surface area contributed by atoms with E-state index in [1.165, 1.54) is 50.2 Å². The van der Waals surface area contributed by atoms with Crippen LogP contribution in [-0.4, -0.2) is 50.3 Å². The fraction of sp³-hybridized carbons (Fsp3) is 0.667. The SMILES string of the molecule is CC1CCCN(CC2CCN(S(=O)(=O)c3ccc(F)cc3)CC2)C1. The highest BCUT2D eigenvalue weighted by atomic mass is 32.2. The fourth-order valence-electron chi connectivity index (χ4n) is 3.91. The van der Waals surface area contributed by atoms with Crippen molar-refractivity contribution in [2.45, 2.75) is 37.5 Å². The van der Waals surface area contributed by atoms with Gasteiger partial charge >= 0.3 is 0 Å². The van der Waals surface area contributed by atoms with Crippen molar-refractivity contribution in [2.24, 2.45) is 11.8 Å². The predicted molar refractivity (Wildman–Crippen MR) is 92.7 cm³/mol. The zero-order valence-corrected chi connectivity index (χ0v) is 15.1. The molecule has 2 fully saturated rings. The minimum atomic E-state index is -3.49. The van der Waals surface area contributed by atoms with Gasteiger partial charge in [-0.3, -0.25) is 0 Å². The van der Waals surface area contributed by atoms with Gasteiger partial charge in [-0.25, -0.2) is 12.8 Å². The summed E-state index contributed by atoms with van der Waals surface area (Å²) in [6.45, 7) is 6.88. The Balaban J connectivity index is 1.55. The van der Waals surface area contributed by atoms with Crippen LogP contribution >= 0.6 is 0 Å². The van der Waals surface area contributed by atoms with Gasteiger partial charge in [-0.05, 0) is 68.3 Å². The van der Waals surface area contributed by atoms with Gasteiger partial charge in [0.2, 0.25) is 10.0 Å². The van der Waals surface area contributed by atoms with Gasteiger partial charge in [0, 0.05) is 26.2 Å². The summed E-state index contributed by atoms with van der Waals surface area (Å²) in [5, 5.41) is 0. The molecule has 2 aliphatic rings. The third-order valence-electron chi connectivity index (χ3n) is 5.28. The highest BCUT2D eigenvalue weighted by molar-refractivity contribution is 7.89. The molecule has 6 heteroatoms. The Morgan fingerprint density at radius 1 is 1.08 bits per heavy atom. The van der Waals surface area contributed by atoms with Crippen LogP contribution in [0.4, 0.5) is 4.39 Å². The Morgan fingerprint density at radius 2 is 1.75 bits per heavy atom. The van der Waals surface area contributed by atoms with Crippen molar-refractivity contribution in [1.82, 2.24) is 9.21 Å². The smallest absolute Gasteiger partial charge is 0.243 e. The molecule has 2 heterocycles. The molecule has 4 nitrogen and oxygen atoms in total. The van der Waals surface area contributed by atoms with Crippen molar-refractivity contribution in [3.63, 3.8) is 0 Å². The average Bonchev–Trinajstić information content (AvgIpc) is 2.56. The number of hydrogen-bond donors (Lipinski definition) is 0. The van der Waals surface area contributed by atoms with E-state index in [0.29, 0.717) is 19.0 Å².